The Labute approximate surface area is 114 Å². The summed E-state index contributed by atoms with van der Waals surface area (Å²) in [6.45, 7) is 4.04. The number of nitrogens with zero attached hydrogens (tertiary/aromatic N) is 1. The van der Waals surface area contributed by atoms with Crippen molar-refractivity contribution in [1.82, 2.24) is 4.90 Å². The van der Waals surface area contributed by atoms with E-state index in [-0.39, 0.29) is 11.8 Å². The normalized spacial score (nSPS) is 30.9. The first-order chi connectivity index (χ1) is 8.42. The van der Waals surface area contributed by atoms with Gasteiger partial charge in [-0.2, -0.15) is 0 Å². The molecule has 0 bridgehead atoms. The molecule has 2 unspecified atom stereocenters. The Morgan fingerprint density at radius 3 is 2.56 bits per heavy atom. The van der Waals surface area contributed by atoms with Crippen LogP contribution in [0.4, 0.5) is 0 Å². The zero-order valence-electron chi connectivity index (χ0n) is 11.0. The maximum absolute atomic E-state index is 11.3. The van der Waals surface area contributed by atoms with Crippen molar-refractivity contribution in [2.75, 3.05) is 13.1 Å². The molecule has 0 radical (unpaired) electrons. The molecule has 4 nitrogen and oxygen atoms in total. The zero-order chi connectivity index (χ0) is 13.3. The van der Waals surface area contributed by atoms with Crippen LogP contribution in [0, 0.1) is 11.3 Å². The van der Waals surface area contributed by atoms with E-state index >= 15 is 0 Å². The van der Waals surface area contributed by atoms with Crippen molar-refractivity contribution in [2.24, 2.45) is 22.8 Å². The number of piperidine rings is 1. The van der Waals surface area contributed by atoms with Crippen molar-refractivity contribution >= 4 is 23.1 Å². The largest absolute Gasteiger partial charge is 0.393 e. The SMILES string of the molecule is CC1CCC(C(N)=O)CN1CC1(CC(N)=S)CC1. The molecule has 2 atom stereocenters. The van der Waals surface area contributed by atoms with E-state index in [1.807, 2.05) is 0 Å². The van der Waals surface area contributed by atoms with Crippen LogP contribution in [0.5, 0.6) is 0 Å². The molecule has 0 aromatic heterocycles. The first-order valence-corrected chi connectivity index (χ1v) is 7.14. The van der Waals surface area contributed by atoms with Gasteiger partial charge in [-0.15, -0.1) is 0 Å². The molecule has 0 spiro atoms. The third kappa shape index (κ3) is 3.20. The van der Waals surface area contributed by atoms with Gasteiger partial charge in [-0.25, -0.2) is 0 Å². The number of carbonyl (C=O) groups excluding carboxylic acids is 1. The maximum Gasteiger partial charge on any atom is 0.221 e. The smallest absolute Gasteiger partial charge is 0.221 e. The second-order valence-corrected chi connectivity index (χ2v) is 6.62. The van der Waals surface area contributed by atoms with E-state index in [0.717, 1.165) is 32.4 Å². The molecular formula is C13H23N3OS. The molecular weight excluding hydrogens is 246 g/mol. The second-order valence-electron chi connectivity index (χ2n) is 6.10. The van der Waals surface area contributed by atoms with Gasteiger partial charge in [0.25, 0.3) is 0 Å². The summed E-state index contributed by atoms with van der Waals surface area (Å²) in [6.07, 6.45) is 5.22. The van der Waals surface area contributed by atoms with E-state index < -0.39 is 0 Å². The van der Waals surface area contributed by atoms with E-state index in [4.69, 9.17) is 23.7 Å². The fourth-order valence-corrected chi connectivity index (χ4v) is 3.31. The second kappa shape index (κ2) is 5.13. The van der Waals surface area contributed by atoms with Crippen molar-refractivity contribution in [2.45, 2.75) is 45.1 Å². The Morgan fingerprint density at radius 2 is 2.06 bits per heavy atom. The van der Waals surface area contributed by atoms with Gasteiger partial charge in [0.15, 0.2) is 0 Å². The molecule has 5 heteroatoms. The van der Waals surface area contributed by atoms with Crippen molar-refractivity contribution in [3.8, 4) is 0 Å². The van der Waals surface area contributed by atoms with Crippen molar-refractivity contribution < 1.29 is 4.79 Å². The van der Waals surface area contributed by atoms with Crippen LogP contribution >= 0.6 is 12.2 Å². The molecule has 18 heavy (non-hydrogen) atoms. The third-order valence-corrected chi connectivity index (χ3v) is 4.60. The molecule has 2 fully saturated rings. The Bertz CT molecular complexity index is 354. The first kappa shape index (κ1) is 13.7. The van der Waals surface area contributed by atoms with E-state index in [2.05, 4.69) is 11.8 Å². The Kier molecular flexibility index (Phi) is 3.92. The summed E-state index contributed by atoms with van der Waals surface area (Å²) in [7, 11) is 0. The molecule has 1 heterocycles. The molecule has 1 aliphatic heterocycles. The van der Waals surface area contributed by atoms with Crippen molar-refractivity contribution in [3.05, 3.63) is 0 Å². The van der Waals surface area contributed by atoms with E-state index in [9.17, 15) is 4.79 Å². The monoisotopic (exact) mass is 269 g/mol. The summed E-state index contributed by atoms with van der Waals surface area (Å²) in [4.78, 5) is 14.3. The van der Waals surface area contributed by atoms with E-state index in [1.165, 1.54) is 12.8 Å². The van der Waals surface area contributed by atoms with Gasteiger partial charge >= 0.3 is 0 Å². The minimum atomic E-state index is -0.161. The van der Waals surface area contributed by atoms with Crippen LogP contribution in [0.1, 0.15) is 39.0 Å². The number of rotatable bonds is 5. The Balaban J connectivity index is 1.94. The summed E-state index contributed by atoms with van der Waals surface area (Å²) in [5.41, 5.74) is 11.4. The average molecular weight is 269 g/mol. The lowest BCUT2D eigenvalue weighted by atomic mass is 9.90. The number of amides is 1. The molecule has 0 aromatic carbocycles. The third-order valence-electron chi connectivity index (χ3n) is 4.46. The molecule has 0 aromatic rings. The molecule has 2 rings (SSSR count). The number of nitrogens with two attached hydrogens (primary N) is 2. The molecule has 2 aliphatic rings. The van der Waals surface area contributed by atoms with Crippen LogP contribution in [0.15, 0.2) is 0 Å². The molecule has 1 saturated carbocycles. The molecule has 4 N–H and O–H groups in total. The first-order valence-electron chi connectivity index (χ1n) is 6.73. The lowest BCUT2D eigenvalue weighted by Crippen LogP contribution is -2.48. The molecule has 1 saturated heterocycles. The van der Waals surface area contributed by atoms with Gasteiger partial charge < -0.3 is 11.5 Å². The van der Waals surface area contributed by atoms with Crippen LogP contribution in [-0.4, -0.2) is 34.9 Å². The van der Waals surface area contributed by atoms with E-state index in [0.29, 0.717) is 16.4 Å². The number of hydrogen-bond acceptors (Lipinski definition) is 3. The highest BCUT2D eigenvalue weighted by Crippen LogP contribution is 2.50. The van der Waals surface area contributed by atoms with Gasteiger partial charge in [0.2, 0.25) is 5.91 Å². The minimum Gasteiger partial charge on any atom is -0.393 e. The molecule has 1 amide bonds. The highest BCUT2D eigenvalue weighted by atomic mass is 32.1. The van der Waals surface area contributed by atoms with Gasteiger partial charge in [-0.3, -0.25) is 9.69 Å². The van der Waals surface area contributed by atoms with Gasteiger partial charge in [0.1, 0.15) is 0 Å². The van der Waals surface area contributed by atoms with Crippen LogP contribution in [0.3, 0.4) is 0 Å². The quantitative estimate of drug-likeness (QED) is 0.731. The van der Waals surface area contributed by atoms with Gasteiger partial charge in [0, 0.05) is 25.6 Å². The summed E-state index contributed by atoms with van der Waals surface area (Å²) in [6, 6.07) is 0.532. The summed E-state index contributed by atoms with van der Waals surface area (Å²) in [5, 5.41) is 0. The summed E-state index contributed by atoms with van der Waals surface area (Å²) >= 11 is 5.03. The molecule has 102 valence electrons. The number of likely N-dealkylation sites (tertiary alicyclic amines) is 1. The average Bonchev–Trinajstić information content (AvgIpc) is 3.00. The van der Waals surface area contributed by atoms with Gasteiger partial charge in [-0.1, -0.05) is 12.2 Å². The fraction of sp³-hybridized carbons (Fsp3) is 0.846. The highest BCUT2D eigenvalue weighted by molar-refractivity contribution is 7.80. The predicted octanol–water partition coefficient (Wildman–Crippen LogP) is 1.03. The van der Waals surface area contributed by atoms with Crippen LogP contribution in [-0.2, 0) is 4.79 Å². The van der Waals surface area contributed by atoms with Gasteiger partial charge in [0.05, 0.1) is 10.9 Å². The Hall–Kier alpha value is -0.680. The fourth-order valence-electron chi connectivity index (χ4n) is 3.00. The Morgan fingerprint density at radius 1 is 1.39 bits per heavy atom. The van der Waals surface area contributed by atoms with Crippen LogP contribution in [0.25, 0.3) is 0 Å². The van der Waals surface area contributed by atoms with E-state index in [1.54, 1.807) is 0 Å². The summed E-state index contributed by atoms with van der Waals surface area (Å²) in [5.74, 6) is -0.145. The standard InChI is InChI=1S/C13H23N3OS/c1-9-2-3-10(12(15)17)7-16(9)8-13(4-5-13)6-11(14)18/h9-10H,2-8H2,1H3,(H2,14,18)(H2,15,17). The maximum atomic E-state index is 11.3. The topological polar surface area (TPSA) is 72.4 Å². The van der Waals surface area contributed by atoms with Crippen molar-refractivity contribution in [3.63, 3.8) is 0 Å². The molecule has 1 aliphatic carbocycles. The lowest BCUT2D eigenvalue weighted by Gasteiger charge is -2.39. The number of hydrogen-bond donors (Lipinski definition) is 2. The summed E-state index contributed by atoms with van der Waals surface area (Å²) < 4.78 is 0. The predicted molar refractivity (Wildman–Crippen MR) is 76.0 cm³/mol. The minimum absolute atomic E-state index is 0.0156. The number of primary amides is 1. The van der Waals surface area contributed by atoms with Crippen LogP contribution in [0.2, 0.25) is 0 Å². The van der Waals surface area contributed by atoms with Crippen molar-refractivity contribution in [1.29, 1.82) is 0 Å². The van der Waals surface area contributed by atoms with Gasteiger partial charge in [-0.05, 0) is 38.0 Å². The number of thiocarbonyl (C=S) groups is 1. The lowest BCUT2D eigenvalue weighted by molar-refractivity contribution is -0.124. The van der Waals surface area contributed by atoms with Crippen LogP contribution < -0.4 is 11.5 Å². The zero-order valence-corrected chi connectivity index (χ0v) is 11.8. The highest BCUT2D eigenvalue weighted by Gasteiger charge is 2.45. The number of carbonyl (C=O) groups is 1.